The topological polar surface area (TPSA) is 71.1 Å². The first-order chi connectivity index (χ1) is 13.4. The number of benzene rings is 2. The van der Waals surface area contributed by atoms with Crippen LogP contribution in [0.15, 0.2) is 54.6 Å². The van der Waals surface area contributed by atoms with Gasteiger partial charge in [0.2, 0.25) is 0 Å². The number of aromatic nitrogens is 1. The second-order valence-corrected chi connectivity index (χ2v) is 6.56. The van der Waals surface area contributed by atoms with Gasteiger partial charge < -0.3 is 0 Å². The van der Waals surface area contributed by atoms with Crippen LogP contribution in [0.4, 0.5) is 15.0 Å². The van der Waals surface area contributed by atoms with Crippen LogP contribution in [0.1, 0.15) is 21.6 Å². The highest BCUT2D eigenvalue weighted by atomic mass is 35.5. The number of carbonyl (C=O) groups is 2. The zero-order valence-corrected chi connectivity index (χ0v) is 16.0. The van der Waals surface area contributed by atoms with Crippen molar-refractivity contribution in [1.82, 2.24) is 10.3 Å². The Balaban J connectivity index is 1.77. The van der Waals surface area contributed by atoms with E-state index in [-0.39, 0.29) is 16.4 Å². The Bertz CT molecular complexity index is 1010. The maximum Gasteiger partial charge on any atom is 0.327 e. The van der Waals surface area contributed by atoms with Crippen molar-refractivity contribution >= 4 is 29.4 Å². The van der Waals surface area contributed by atoms with Gasteiger partial charge in [0.15, 0.2) is 0 Å². The van der Waals surface area contributed by atoms with Crippen molar-refractivity contribution in [2.45, 2.75) is 13.8 Å². The van der Waals surface area contributed by atoms with Gasteiger partial charge in [-0.15, -0.1) is 0 Å². The zero-order valence-electron chi connectivity index (χ0n) is 15.2. The number of rotatable bonds is 3. The minimum absolute atomic E-state index is 0.0812. The molecule has 1 heterocycles. The molecule has 7 heteroatoms. The summed E-state index contributed by atoms with van der Waals surface area (Å²) in [6.45, 7) is 3.74. The monoisotopic (exact) mass is 397 g/mol. The Kier molecular flexibility index (Phi) is 5.70. The van der Waals surface area contributed by atoms with Gasteiger partial charge in [-0.1, -0.05) is 48.0 Å². The molecule has 0 unspecified atom stereocenters. The second-order valence-electron chi connectivity index (χ2n) is 6.16. The molecule has 0 aliphatic rings. The highest BCUT2D eigenvalue weighted by molar-refractivity contribution is 6.34. The minimum Gasteiger partial charge on any atom is -0.292 e. The Labute approximate surface area is 166 Å². The molecule has 0 saturated carbocycles. The summed E-state index contributed by atoms with van der Waals surface area (Å²) >= 11 is 5.84. The molecule has 0 aliphatic heterocycles. The van der Waals surface area contributed by atoms with E-state index in [0.717, 1.165) is 28.5 Å². The van der Waals surface area contributed by atoms with E-state index in [1.165, 1.54) is 12.1 Å². The molecule has 0 saturated heterocycles. The Morgan fingerprint density at radius 3 is 2.39 bits per heavy atom. The van der Waals surface area contributed by atoms with Gasteiger partial charge >= 0.3 is 6.03 Å². The first-order valence-electron chi connectivity index (χ1n) is 8.47. The van der Waals surface area contributed by atoms with Gasteiger partial charge in [-0.2, -0.15) is 0 Å². The van der Waals surface area contributed by atoms with Crippen LogP contribution in [0.2, 0.25) is 5.02 Å². The molecule has 2 N–H and O–H groups in total. The van der Waals surface area contributed by atoms with Crippen LogP contribution in [0.5, 0.6) is 0 Å². The third kappa shape index (κ3) is 4.18. The van der Waals surface area contributed by atoms with Crippen LogP contribution in [0.25, 0.3) is 11.1 Å². The summed E-state index contributed by atoms with van der Waals surface area (Å²) in [5.41, 5.74) is 3.24. The lowest BCUT2D eigenvalue weighted by atomic mass is 9.99. The molecule has 5 nitrogen and oxygen atoms in total. The summed E-state index contributed by atoms with van der Waals surface area (Å²) in [5, 5.41) is 4.47. The highest BCUT2D eigenvalue weighted by Gasteiger charge is 2.19. The van der Waals surface area contributed by atoms with Crippen molar-refractivity contribution < 1.29 is 14.0 Å². The molecule has 142 valence electrons. The largest absolute Gasteiger partial charge is 0.327 e. The van der Waals surface area contributed by atoms with Crippen molar-refractivity contribution in [2.24, 2.45) is 0 Å². The second kappa shape index (κ2) is 8.19. The van der Waals surface area contributed by atoms with Crippen molar-refractivity contribution in [2.75, 3.05) is 5.32 Å². The smallest absolute Gasteiger partial charge is 0.292 e. The lowest BCUT2D eigenvalue weighted by molar-refractivity contribution is 0.0963. The van der Waals surface area contributed by atoms with E-state index in [9.17, 15) is 14.0 Å². The van der Waals surface area contributed by atoms with Crippen LogP contribution in [0, 0.1) is 19.7 Å². The van der Waals surface area contributed by atoms with Gasteiger partial charge in [0.05, 0.1) is 10.6 Å². The van der Waals surface area contributed by atoms with Crippen molar-refractivity contribution in [3.05, 3.63) is 82.3 Å². The molecule has 3 rings (SSSR count). The number of nitrogens with one attached hydrogen (secondary N) is 2. The number of aryl methyl sites for hydroxylation is 2. The van der Waals surface area contributed by atoms with Crippen molar-refractivity contribution in [3.63, 3.8) is 0 Å². The average molecular weight is 398 g/mol. The van der Waals surface area contributed by atoms with E-state index >= 15 is 0 Å². The number of halogens is 2. The number of pyridine rings is 1. The van der Waals surface area contributed by atoms with Crippen molar-refractivity contribution in [3.8, 4) is 11.1 Å². The van der Waals surface area contributed by atoms with E-state index in [1.807, 2.05) is 44.2 Å². The molecule has 28 heavy (non-hydrogen) atoms. The highest BCUT2D eigenvalue weighted by Crippen LogP contribution is 2.27. The number of anilines is 1. The molecule has 0 aliphatic carbocycles. The van der Waals surface area contributed by atoms with Crippen LogP contribution in [-0.2, 0) is 0 Å². The summed E-state index contributed by atoms with van der Waals surface area (Å²) in [6.07, 6.45) is 0. The molecule has 1 aromatic heterocycles. The number of carbonyl (C=O) groups excluding carboxylic acids is 2. The minimum atomic E-state index is -0.935. The van der Waals surface area contributed by atoms with E-state index in [4.69, 9.17) is 11.6 Å². The van der Waals surface area contributed by atoms with Gasteiger partial charge in [0, 0.05) is 11.3 Å². The standard InChI is InChI=1S/C21H17ClFN3O2/c1-12-11-17(24-13(2)18(12)14-7-4-3-5-8-14)25-21(28)26-20(27)19-15(22)9-6-10-16(19)23/h3-11H,1-2H3,(H2,24,25,26,27,28). The molecule has 2 aromatic carbocycles. The molecular weight excluding hydrogens is 381 g/mol. The first-order valence-corrected chi connectivity index (χ1v) is 8.84. The summed E-state index contributed by atoms with van der Waals surface area (Å²) in [4.78, 5) is 28.7. The van der Waals surface area contributed by atoms with Crippen LogP contribution >= 0.6 is 11.6 Å². The van der Waals surface area contributed by atoms with Crippen molar-refractivity contribution in [1.29, 1.82) is 0 Å². The maximum absolute atomic E-state index is 13.8. The Morgan fingerprint density at radius 1 is 1.04 bits per heavy atom. The number of urea groups is 1. The fourth-order valence-electron chi connectivity index (χ4n) is 2.96. The fraction of sp³-hybridized carbons (Fsp3) is 0.0952. The molecule has 0 atom stereocenters. The summed E-state index contributed by atoms with van der Waals surface area (Å²) in [7, 11) is 0. The Hall–Kier alpha value is -3.25. The molecule has 0 radical (unpaired) electrons. The molecule has 0 fully saturated rings. The van der Waals surface area contributed by atoms with Gasteiger partial charge in [-0.05, 0) is 43.2 Å². The number of imide groups is 1. The Morgan fingerprint density at radius 2 is 1.75 bits per heavy atom. The van der Waals surface area contributed by atoms with Gasteiger partial charge in [0.25, 0.3) is 5.91 Å². The van der Waals surface area contributed by atoms with E-state index < -0.39 is 17.8 Å². The summed E-state index contributed by atoms with van der Waals surface area (Å²) in [6, 6.07) is 14.5. The van der Waals surface area contributed by atoms with Crippen LogP contribution in [-0.4, -0.2) is 16.9 Å². The van der Waals surface area contributed by atoms with E-state index in [2.05, 4.69) is 15.6 Å². The lowest BCUT2D eigenvalue weighted by Gasteiger charge is -2.13. The lowest BCUT2D eigenvalue weighted by Crippen LogP contribution is -2.35. The van der Waals surface area contributed by atoms with Crippen LogP contribution in [0.3, 0.4) is 0 Å². The SMILES string of the molecule is Cc1cc(NC(=O)NC(=O)c2c(F)cccc2Cl)nc(C)c1-c1ccccc1. The van der Waals surface area contributed by atoms with E-state index in [0.29, 0.717) is 0 Å². The fourth-order valence-corrected chi connectivity index (χ4v) is 3.21. The van der Waals surface area contributed by atoms with Gasteiger partial charge in [-0.25, -0.2) is 14.2 Å². The normalized spacial score (nSPS) is 10.4. The number of nitrogens with zero attached hydrogens (tertiary/aromatic N) is 1. The maximum atomic E-state index is 13.8. The molecule has 0 bridgehead atoms. The molecule has 3 aromatic rings. The molecular formula is C21H17ClFN3O2. The van der Waals surface area contributed by atoms with Crippen LogP contribution < -0.4 is 10.6 Å². The number of hydrogen-bond acceptors (Lipinski definition) is 3. The van der Waals surface area contributed by atoms with Gasteiger partial charge in [0.1, 0.15) is 11.6 Å². The zero-order chi connectivity index (χ0) is 20.3. The number of amides is 3. The third-order valence-corrected chi connectivity index (χ3v) is 4.43. The molecule has 3 amide bonds. The van der Waals surface area contributed by atoms with E-state index in [1.54, 1.807) is 6.07 Å². The molecule has 0 spiro atoms. The summed E-state index contributed by atoms with van der Waals surface area (Å²) in [5.74, 6) is -1.47. The predicted molar refractivity (Wildman–Crippen MR) is 107 cm³/mol. The first kappa shape index (κ1) is 19.5. The third-order valence-electron chi connectivity index (χ3n) is 4.12. The summed E-state index contributed by atoms with van der Waals surface area (Å²) < 4.78 is 13.8. The number of hydrogen-bond donors (Lipinski definition) is 2. The average Bonchev–Trinajstić information content (AvgIpc) is 2.61. The quantitative estimate of drug-likeness (QED) is 0.644. The van der Waals surface area contributed by atoms with Gasteiger partial charge in [-0.3, -0.25) is 15.4 Å². The predicted octanol–water partition coefficient (Wildman–Crippen LogP) is 5.12.